The number of aryl methyl sites for hydroxylation is 1. The van der Waals surface area contributed by atoms with E-state index in [1.807, 2.05) is 24.2 Å². The average molecular weight is 270 g/mol. The quantitative estimate of drug-likeness (QED) is 0.924. The van der Waals surface area contributed by atoms with Gasteiger partial charge in [-0.15, -0.1) is 0 Å². The molecule has 19 heavy (non-hydrogen) atoms. The Morgan fingerprint density at radius 2 is 2.21 bits per heavy atom. The molecule has 2 nitrogen and oxygen atoms in total. The van der Waals surface area contributed by atoms with Crippen molar-refractivity contribution in [1.29, 1.82) is 0 Å². The molecule has 0 saturated carbocycles. The van der Waals surface area contributed by atoms with Crippen LogP contribution >= 0.6 is 11.8 Å². The molecule has 3 heteroatoms. The monoisotopic (exact) mass is 270 g/mol. The summed E-state index contributed by atoms with van der Waals surface area (Å²) >= 11 is 2.01. The molecule has 1 unspecified atom stereocenters. The van der Waals surface area contributed by atoms with E-state index in [0.29, 0.717) is 6.04 Å². The van der Waals surface area contributed by atoms with Crippen LogP contribution in [0.2, 0.25) is 0 Å². The van der Waals surface area contributed by atoms with Gasteiger partial charge in [0.1, 0.15) is 0 Å². The summed E-state index contributed by atoms with van der Waals surface area (Å²) in [5, 5.41) is 3.69. The van der Waals surface area contributed by atoms with Crippen LogP contribution in [0.25, 0.3) is 0 Å². The minimum atomic E-state index is 0.461. The molecule has 0 spiro atoms. The minimum absolute atomic E-state index is 0.461. The van der Waals surface area contributed by atoms with E-state index in [2.05, 4.69) is 47.6 Å². The average Bonchev–Trinajstić information content (AvgIpc) is 2.46. The van der Waals surface area contributed by atoms with Crippen molar-refractivity contribution in [3.63, 3.8) is 0 Å². The van der Waals surface area contributed by atoms with Gasteiger partial charge in [-0.25, -0.2) is 0 Å². The molecule has 1 aromatic carbocycles. The minimum Gasteiger partial charge on any atom is -0.305 e. The van der Waals surface area contributed by atoms with Gasteiger partial charge in [-0.1, -0.05) is 24.3 Å². The number of nitrogens with zero attached hydrogens (tertiary/aromatic N) is 1. The highest BCUT2D eigenvalue weighted by Crippen LogP contribution is 2.31. The van der Waals surface area contributed by atoms with Crippen LogP contribution in [0.4, 0.5) is 0 Å². The van der Waals surface area contributed by atoms with Crippen molar-refractivity contribution < 1.29 is 0 Å². The van der Waals surface area contributed by atoms with Crippen LogP contribution in [-0.2, 0) is 12.3 Å². The number of fused-ring (bicyclic) bond motifs is 1. The summed E-state index contributed by atoms with van der Waals surface area (Å²) in [5.74, 6) is 2.30. The van der Waals surface area contributed by atoms with E-state index in [1.54, 1.807) is 0 Å². The largest absolute Gasteiger partial charge is 0.305 e. The molecule has 1 N–H and O–H groups in total. The SMILES string of the molecule is Cc1cnccc1CNC1CSCc2ccccc21. The Morgan fingerprint density at radius 1 is 1.32 bits per heavy atom. The molecule has 1 aromatic heterocycles. The second-order valence-electron chi connectivity index (χ2n) is 4.95. The zero-order valence-electron chi connectivity index (χ0n) is 11.1. The first-order valence-electron chi connectivity index (χ1n) is 6.63. The molecule has 2 heterocycles. The maximum Gasteiger partial charge on any atom is 0.0417 e. The highest BCUT2D eigenvalue weighted by atomic mass is 32.2. The summed E-state index contributed by atoms with van der Waals surface area (Å²) in [6, 6.07) is 11.3. The lowest BCUT2D eigenvalue weighted by molar-refractivity contribution is 0.573. The molecule has 3 rings (SSSR count). The Balaban J connectivity index is 1.73. The first-order valence-corrected chi connectivity index (χ1v) is 7.78. The lowest BCUT2D eigenvalue weighted by Crippen LogP contribution is -2.26. The fourth-order valence-corrected chi connectivity index (χ4v) is 3.62. The zero-order chi connectivity index (χ0) is 13.1. The number of rotatable bonds is 3. The van der Waals surface area contributed by atoms with Crippen molar-refractivity contribution in [1.82, 2.24) is 10.3 Å². The second kappa shape index (κ2) is 5.76. The molecule has 98 valence electrons. The standard InChI is InChI=1S/C16H18N2S/c1-12-8-17-7-6-13(12)9-18-16-11-19-10-14-4-2-3-5-15(14)16/h2-8,16,18H,9-11H2,1H3. The number of thioether (sulfide) groups is 1. The van der Waals surface area contributed by atoms with E-state index in [4.69, 9.17) is 0 Å². The van der Waals surface area contributed by atoms with E-state index in [0.717, 1.165) is 18.1 Å². The van der Waals surface area contributed by atoms with Gasteiger partial charge < -0.3 is 5.32 Å². The van der Waals surface area contributed by atoms with E-state index in [9.17, 15) is 0 Å². The number of aromatic nitrogens is 1. The third kappa shape index (κ3) is 2.82. The first kappa shape index (κ1) is 12.7. The molecule has 1 aliphatic rings. The number of pyridine rings is 1. The number of nitrogens with one attached hydrogen (secondary N) is 1. The summed E-state index contributed by atoms with van der Waals surface area (Å²) in [6.07, 6.45) is 3.80. The summed E-state index contributed by atoms with van der Waals surface area (Å²) in [6.45, 7) is 3.03. The highest BCUT2D eigenvalue weighted by molar-refractivity contribution is 7.98. The van der Waals surface area contributed by atoms with Crippen molar-refractivity contribution in [3.05, 3.63) is 65.0 Å². The fourth-order valence-electron chi connectivity index (χ4n) is 2.48. The summed E-state index contributed by atoms with van der Waals surface area (Å²) < 4.78 is 0. The Morgan fingerprint density at radius 3 is 3.11 bits per heavy atom. The third-order valence-electron chi connectivity index (χ3n) is 3.65. The predicted octanol–water partition coefficient (Wildman–Crippen LogP) is 3.47. The van der Waals surface area contributed by atoms with Gasteiger partial charge in [-0.05, 0) is 35.2 Å². The normalized spacial score (nSPS) is 18.1. The molecule has 0 amide bonds. The maximum atomic E-state index is 4.14. The second-order valence-corrected chi connectivity index (χ2v) is 5.98. The van der Waals surface area contributed by atoms with Gasteiger partial charge in [-0.3, -0.25) is 4.98 Å². The lowest BCUT2D eigenvalue weighted by Gasteiger charge is -2.26. The van der Waals surface area contributed by atoms with Crippen molar-refractivity contribution in [2.45, 2.75) is 25.3 Å². The van der Waals surface area contributed by atoms with Crippen LogP contribution in [-0.4, -0.2) is 10.7 Å². The van der Waals surface area contributed by atoms with Crippen molar-refractivity contribution in [2.75, 3.05) is 5.75 Å². The summed E-state index contributed by atoms with van der Waals surface area (Å²) in [5.41, 5.74) is 5.53. The topological polar surface area (TPSA) is 24.9 Å². The molecule has 0 aliphatic carbocycles. The molecule has 0 fully saturated rings. The Kier molecular flexibility index (Phi) is 3.85. The highest BCUT2D eigenvalue weighted by Gasteiger charge is 2.19. The van der Waals surface area contributed by atoms with Crippen LogP contribution < -0.4 is 5.32 Å². The fraction of sp³-hybridized carbons (Fsp3) is 0.312. The van der Waals surface area contributed by atoms with Gasteiger partial charge >= 0.3 is 0 Å². The maximum absolute atomic E-state index is 4.14. The van der Waals surface area contributed by atoms with Crippen LogP contribution in [0.1, 0.15) is 28.3 Å². The number of hydrogen-bond acceptors (Lipinski definition) is 3. The summed E-state index contributed by atoms with van der Waals surface area (Å²) in [7, 11) is 0. The number of benzene rings is 1. The van der Waals surface area contributed by atoms with E-state index < -0.39 is 0 Å². The predicted molar refractivity (Wildman–Crippen MR) is 81.2 cm³/mol. The molecule has 1 aliphatic heterocycles. The van der Waals surface area contributed by atoms with Crippen molar-refractivity contribution >= 4 is 11.8 Å². The van der Waals surface area contributed by atoms with E-state index in [-0.39, 0.29) is 0 Å². The molecule has 2 aromatic rings. The van der Waals surface area contributed by atoms with Gasteiger partial charge in [-0.2, -0.15) is 11.8 Å². The third-order valence-corrected chi connectivity index (χ3v) is 4.73. The Bertz CT molecular complexity index is 568. The molecule has 1 atom stereocenters. The van der Waals surface area contributed by atoms with Crippen LogP contribution in [0.5, 0.6) is 0 Å². The van der Waals surface area contributed by atoms with Crippen molar-refractivity contribution in [3.8, 4) is 0 Å². The van der Waals surface area contributed by atoms with Gasteiger partial charge in [0, 0.05) is 36.5 Å². The number of hydrogen-bond donors (Lipinski definition) is 1. The molecular weight excluding hydrogens is 252 g/mol. The smallest absolute Gasteiger partial charge is 0.0417 e. The zero-order valence-corrected chi connectivity index (χ0v) is 11.9. The lowest BCUT2D eigenvalue weighted by atomic mass is 10.0. The Hall–Kier alpha value is -1.32. The van der Waals surface area contributed by atoms with Gasteiger partial charge in [0.05, 0.1) is 0 Å². The van der Waals surface area contributed by atoms with E-state index >= 15 is 0 Å². The van der Waals surface area contributed by atoms with E-state index in [1.165, 1.54) is 22.3 Å². The van der Waals surface area contributed by atoms with Crippen LogP contribution in [0, 0.1) is 6.92 Å². The van der Waals surface area contributed by atoms with Crippen molar-refractivity contribution in [2.24, 2.45) is 0 Å². The van der Waals surface area contributed by atoms with Gasteiger partial charge in [0.25, 0.3) is 0 Å². The molecule has 0 bridgehead atoms. The van der Waals surface area contributed by atoms with Crippen LogP contribution in [0.3, 0.4) is 0 Å². The molecule has 0 radical (unpaired) electrons. The van der Waals surface area contributed by atoms with Gasteiger partial charge in [0.2, 0.25) is 0 Å². The molecule has 0 saturated heterocycles. The summed E-state index contributed by atoms with van der Waals surface area (Å²) in [4.78, 5) is 4.14. The Labute approximate surface area is 118 Å². The molecular formula is C16H18N2S. The first-order chi connectivity index (χ1) is 9.34. The van der Waals surface area contributed by atoms with Gasteiger partial charge in [0.15, 0.2) is 0 Å². The van der Waals surface area contributed by atoms with Crippen LogP contribution in [0.15, 0.2) is 42.7 Å².